The van der Waals surface area contributed by atoms with Crippen molar-refractivity contribution in [1.82, 2.24) is 9.80 Å². The molecule has 0 aromatic heterocycles. The Labute approximate surface area is 344 Å². The molecule has 9 rings (SSSR count). The maximum atomic E-state index is 15.5. The van der Waals surface area contributed by atoms with E-state index in [1.165, 1.54) is 17.6 Å². The predicted octanol–water partition coefficient (Wildman–Crippen LogP) is 7.49. The highest BCUT2D eigenvalue weighted by Gasteiger charge is 2.70. The molecule has 1 N–H and O–H groups in total. The number of ether oxygens (including phenoxy) is 1. The number of phenols is 1. The maximum absolute atomic E-state index is 15.5. The van der Waals surface area contributed by atoms with Gasteiger partial charge in [0.05, 0.1) is 39.5 Å². The molecule has 4 fully saturated rings. The van der Waals surface area contributed by atoms with Crippen LogP contribution in [0, 0.1) is 27.2 Å². The molecule has 3 aliphatic heterocycles. The molecule has 0 radical (unpaired) electrons. The summed E-state index contributed by atoms with van der Waals surface area (Å²) in [5.41, 5.74) is 2.42. The molecular formula is C45H41ClIN3O6. The van der Waals surface area contributed by atoms with E-state index >= 15 is 9.59 Å². The highest BCUT2D eigenvalue weighted by Crippen LogP contribution is 2.65. The normalized spacial score (nSPS) is 27.9. The van der Waals surface area contributed by atoms with Crippen molar-refractivity contribution >= 4 is 63.5 Å². The summed E-state index contributed by atoms with van der Waals surface area (Å²) in [6, 6.07) is 29.9. The average Bonchev–Trinajstić information content (AvgIpc) is 3.60. The minimum Gasteiger partial charge on any atom is -0.504 e. The number of halogens is 2. The zero-order chi connectivity index (χ0) is 38.9. The number of anilines is 1. The van der Waals surface area contributed by atoms with Crippen LogP contribution in [0.25, 0.3) is 0 Å². The highest BCUT2D eigenvalue weighted by molar-refractivity contribution is 14.1. The van der Waals surface area contributed by atoms with Gasteiger partial charge in [0.1, 0.15) is 0 Å². The van der Waals surface area contributed by atoms with E-state index in [-0.39, 0.29) is 47.6 Å². The fraction of sp³-hybridized carbons (Fsp3) is 0.333. The second-order valence-electron chi connectivity index (χ2n) is 15.7. The lowest BCUT2D eigenvalue weighted by Gasteiger charge is -2.50. The molecule has 0 spiro atoms. The largest absolute Gasteiger partial charge is 0.504 e. The molecule has 3 saturated heterocycles. The van der Waals surface area contributed by atoms with E-state index in [0.29, 0.717) is 44.7 Å². The summed E-state index contributed by atoms with van der Waals surface area (Å²) in [6.07, 6.45) is 4.03. The number of imide groups is 2. The molecule has 11 heteroatoms. The summed E-state index contributed by atoms with van der Waals surface area (Å²) >= 11 is 8.51. The van der Waals surface area contributed by atoms with E-state index in [0.717, 1.165) is 25.2 Å². The number of fused-ring (bicyclic) bond motifs is 4. The maximum Gasteiger partial charge on any atom is 0.246 e. The van der Waals surface area contributed by atoms with Gasteiger partial charge >= 0.3 is 0 Å². The minimum absolute atomic E-state index is 0.0244. The SMILES string of the molecule is COc1cc([C@H]2C3=CC[C@@H]4C(=O)N(C5CCN(Cc6ccccc6)CC5)C(=O)[C@@H]4[C@@H]3C[C@H]3C(=O)N(c4cccc(Cl)c4)C(=O)[C@@]23c2ccccc2)cc(I)c1O. The van der Waals surface area contributed by atoms with Gasteiger partial charge in [0.15, 0.2) is 11.5 Å². The fourth-order valence-corrected chi connectivity index (χ4v) is 11.4. The van der Waals surface area contributed by atoms with Gasteiger partial charge in [-0.05, 0) is 101 Å². The number of piperidine rings is 1. The summed E-state index contributed by atoms with van der Waals surface area (Å²) in [5.74, 6) is -4.14. The molecule has 4 aromatic carbocycles. The number of nitrogens with zero attached hydrogens (tertiary/aromatic N) is 3. The second kappa shape index (κ2) is 14.5. The molecule has 2 aliphatic carbocycles. The van der Waals surface area contributed by atoms with Crippen molar-refractivity contribution in [1.29, 1.82) is 0 Å². The molecule has 286 valence electrons. The first-order chi connectivity index (χ1) is 27.1. The van der Waals surface area contributed by atoms with Gasteiger partial charge in [0.2, 0.25) is 23.6 Å². The monoisotopic (exact) mass is 881 g/mol. The van der Waals surface area contributed by atoms with E-state index in [1.54, 1.807) is 35.2 Å². The smallest absolute Gasteiger partial charge is 0.246 e. The lowest BCUT2D eigenvalue weighted by molar-refractivity contribution is -0.144. The Kier molecular flexibility index (Phi) is 9.57. The van der Waals surface area contributed by atoms with Crippen molar-refractivity contribution in [3.05, 3.63) is 134 Å². The average molecular weight is 882 g/mol. The first-order valence-electron chi connectivity index (χ1n) is 19.2. The lowest BCUT2D eigenvalue weighted by atomic mass is 9.49. The van der Waals surface area contributed by atoms with Crippen LogP contribution in [0.2, 0.25) is 5.02 Å². The summed E-state index contributed by atoms with van der Waals surface area (Å²) in [4.78, 5) is 65.0. The molecule has 3 heterocycles. The second-order valence-corrected chi connectivity index (χ2v) is 17.3. The van der Waals surface area contributed by atoms with Crippen molar-refractivity contribution in [3.63, 3.8) is 0 Å². The predicted molar refractivity (Wildman–Crippen MR) is 220 cm³/mol. The number of likely N-dealkylation sites (tertiary alicyclic amines) is 2. The van der Waals surface area contributed by atoms with Crippen LogP contribution in [0.15, 0.2) is 109 Å². The van der Waals surface area contributed by atoms with Crippen molar-refractivity contribution in [3.8, 4) is 11.5 Å². The van der Waals surface area contributed by atoms with E-state index in [1.807, 2.05) is 54.6 Å². The molecular weight excluding hydrogens is 841 g/mol. The molecule has 6 atom stereocenters. The van der Waals surface area contributed by atoms with E-state index in [2.05, 4.69) is 45.7 Å². The zero-order valence-corrected chi connectivity index (χ0v) is 33.7. The number of phenolic OH excluding ortho intramolecular Hbond substituents is 1. The van der Waals surface area contributed by atoms with Gasteiger partial charge in [0.25, 0.3) is 0 Å². The van der Waals surface area contributed by atoms with E-state index < -0.39 is 35.0 Å². The number of aromatic hydroxyl groups is 1. The first-order valence-corrected chi connectivity index (χ1v) is 20.7. The molecule has 0 bridgehead atoms. The van der Waals surface area contributed by atoms with Crippen molar-refractivity contribution in [2.75, 3.05) is 25.1 Å². The van der Waals surface area contributed by atoms with Crippen molar-refractivity contribution in [2.24, 2.45) is 23.7 Å². The number of amides is 4. The van der Waals surface area contributed by atoms with Crippen LogP contribution in [0.3, 0.4) is 0 Å². The molecule has 4 aromatic rings. The Morgan fingerprint density at radius 2 is 1.57 bits per heavy atom. The molecule has 56 heavy (non-hydrogen) atoms. The number of carbonyl (C=O) groups is 4. The van der Waals surface area contributed by atoms with Crippen LogP contribution in [-0.2, 0) is 31.1 Å². The van der Waals surface area contributed by atoms with E-state index in [9.17, 15) is 14.7 Å². The summed E-state index contributed by atoms with van der Waals surface area (Å²) in [5, 5.41) is 11.4. The van der Waals surface area contributed by atoms with Crippen molar-refractivity contribution < 1.29 is 29.0 Å². The van der Waals surface area contributed by atoms with Gasteiger partial charge in [-0.1, -0.05) is 90.0 Å². The molecule has 1 saturated carbocycles. The molecule has 0 unspecified atom stereocenters. The standard InChI is InChI=1S/C45H41ClIN3O6/c1-56-37-22-27(21-36(47)40(37)51)39-32-15-16-33-38(43(54)49(41(33)52)30-17-19-48(20-18-30)25-26-9-4-2-5-10-26)34(32)24-35-42(53)50(31-14-8-13-29(46)23-31)44(55)45(35,39)28-11-6-3-7-12-28/h2-15,21-23,30,33-35,38-39,51H,16-20,24-25H2,1H3/t33-,34+,35-,38-,39-,45+/m0/s1. The fourth-order valence-electron chi connectivity index (χ4n) is 10.6. The molecule has 5 aliphatic rings. The summed E-state index contributed by atoms with van der Waals surface area (Å²) in [7, 11) is 1.48. The number of methoxy groups -OCH3 is 1. The Morgan fingerprint density at radius 1 is 0.857 bits per heavy atom. The number of benzene rings is 4. The number of allylic oxidation sites excluding steroid dienone is 2. The van der Waals surface area contributed by atoms with Crippen molar-refractivity contribution in [2.45, 2.75) is 49.6 Å². The molecule has 9 nitrogen and oxygen atoms in total. The van der Waals surface area contributed by atoms with Gasteiger partial charge < -0.3 is 9.84 Å². The highest BCUT2D eigenvalue weighted by atomic mass is 127. The number of carbonyl (C=O) groups excluding carboxylic acids is 4. The van der Waals surface area contributed by atoms with Gasteiger partial charge in [0, 0.05) is 36.6 Å². The summed E-state index contributed by atoms with van der Waals surface area (Å²) < 4.78 is 6.18. The quantitative estimate of drug-likeness (QED) is 0.117. The van der Waals surface area contributed by atoms with Gasteiger partial charge in [-0.15, -0.1) is 0 Å². The van der Waals surface area contributed by atoms with Crippen LogP contribution < -0.4 is 9.64 Å². The molecule has 4 amide bonds. The van der Waals surface area contributed by atoms with Crippen LogP contribution in [0.5, 0.6) is 11.5 Å². The number of hydrogen-bond acceptors (Lipinski definition) is 7. The lowest BCUT2D eigenvalue weighted by Crippen LogP contribution is -2.53. The minimum atomic E-state index is -1.42. The zero-order valence-electron chi connectivity index (χ0n) is 30.8. The number of rotatable bonds is 7. The van der Waals surface area contributed by atoms with Crippen LogP contribution in [0.4, 0.5) is 5.69 Å². The Balaban J connectivity index is 1.14. The third-order valence-electron chi connectivity index (χ3n) is 13.0. The Morgan fingerprint density at radius 3 is 2.27 bits per heavy atom. The topological polar surface area (TPSA) is 107 Å². The van der Waals surface area contributed by atoms with Gasteiger partial charge in [-0.2, -0.15) is 0 Å². The Bertz CT molecular complexity index is 2280. The number of hydrogen-bond donors (Lipinski definition) is 1. The van der Waals surface area contributed by atoms with Gasteiger partial charge in [-0.25, -0.2) is 4.90 Å². The van der Waals surface area contributed by atoms with Crippen LogP contribution >= 0.6 is 34.2 Å². The van der Waals surface area contributed by atoms with E-state index in [4.69, 9.17) is 16.3 Å². The Hall–Kier alpha value is -4.52. The summed E-state index contributed by atoms with van der Waals surface area (Å²) in [6.45, 7) is 2.38. The third-order valence-corrected chi connectivity index (χ3v) is 14.0. The van der Waals surface area contributed by atoms with Crippen LogP contribution in [0.1, 0.15) is 48.3 Å². The third kappa shape index (κ3) is 5.73. The van der Waals surface area contributed by atoms with Gasteiger partial charge in [-0.3, -0.25) is 29.0 Å². The first kappa shape index (κ1) is 37.1. The van der Waals surface area contributed by atoms with Crippen LogP contribution in [-0.4, -0.2) is 64.8 Å².